The summed E-state index contributed by atoms with van der Waals surface area (Å²) in [5.74, 6) is 1.90. The highest BCUT2D eigenvalue weighted by molar-refractivity contribution is 6.35. The van der Waals surface area contributed by atoms with Crippen LogP contribution in [0.3, 0.4) is 0 Å². The molecule has 11 nitrogen and oxygen atoms in total. The normalized spacial score (nSPS) is 17.3. The number of anilines is 1. The molecular formula is C31H39Cl2N7O4. The van der Waals surface area contributed by atoms with Gasteiger partial charge in [0.1, 0.15) is 0 Å². The molecule has 3 aromatic rings. The van der Waals surface area contributed by atoms with Gasteiger partial charge in [-0.3, -0.25) is 9.80 Å². The standard InChI is InChI=1S/C31H39Cl2N7O4/c1-21(41)18-39-7-9-40(10-8-39)30-35-16-27(17-36-30)44-29-12-23(11-28(37-29)24-13-25(32)15-26(33)14-24)19-38-5-3-22(4-6-38)20-43-31(42)34-2/h11-17,21-22,41H,3-10,18-20H2,1-2H3,(H,34,42). The van der Waals surface area contributed by atoms with Crippen molar-refractivity contribution in [1.29, 1.82) is 0 Å². The molecule has 236 valence electrons. The maximum Gasteiger partial charge on any atom is 0.406 e. The van der Waals surface area contributed by atoms with E-state index in [-0.39, 0.29) is 6.10 Å². The van der Waals surface area contributed by atoms with Crippen LogP contribution in [0, 0.1) is 5.92 Å². The molecule has 2 aliphatic heterocycles. The lowest BCUT2D eigenvalue weighted by Crippen LogP contribution is -2.48. The third-order valence-corrected chi connectivity index (χ3v) is 8.24. The number of rotatable bonds is 10. The van der Waals surface area contributed by atoms with Gasteiger partial charge in [0.25, 0.3) is 0 Å². The number of piperidine rings is 1. The molecule has 0 spiro atoms. The first-order valence-electron chi connectivity index (χ1n) is 14.9. The lowest BCUT2D eigenvalue weighted by molar-refractivity contribution is 0.0955. The molecule has 2 N–H and O–H groups in total. The number of benzene rings is 1. The van der Waals surface area contributed by atoms with Gasteiger partial charge in [-0.2, -0.15) is 0 Å². The van der Waals surface area contributed by atoms with E-state index in [4.69, 9.17) is 37.7 Å². The first-order chi connectivity index (χ1) is 21.2. The molecule has 5 rings (SSSR count). The zero-order valence-corrected chi connectivity index (χ0v) is 26.6. The van der Waals surface area contributed by atoms with Gasteiger partial charge in [0.15, 0.2) is 5.75 Å². The first-order valence-corrected chi connectivity index (χ1v) is 15.7. The molecular weight excluding hydrogens is 605 g/mol. The van der Waals surface area contributed by atoms with Crippen LogP contribution in [0.15, 0.2) is 42.7 Å². The van der Waals surface area contributed by atoms with Crippen LogP contribution in [0.25, 0.3) is 11.3 Å². The molecule has 4 heterocycles. The fourth-order valence-electron chi connectivity index (χ4n) is 5.54. The van der Waals surface area contributed by atoms with E-state index in [0.717, 1.165) is 63.2 Å². The Morgan fingerprint density at radius 1 is 1.00 bits per heavy atom. The van der Waals surface area contributed by atoms with Gasteiger partial charge in [0.2, 0.25) is 11.8 Å². The monoisotopic (exact) mass is 643 g/mol. The second-order valence-corrected chi connectivity index (χ2v) is 12.3. The average molecular weight is 645 g/mol. The van der Waals surface area contributed by atoms with Crippen molar-refractivity contribution in [2.75, 3.05) is 64.4 Å². The third kappa shape index (κ3) is 9.15. The van der Waals surface area contributed by atoms with Crippen LogP contribution in [0.2, 0.25) is 10.0 Å². The number of hydrogen-bond donors (Lipinski definition) is 2. The van der Waals surface area contributed by atoms with Crippen molar-refractivity contribution in [2.45, 2.75) is 32.4 Å². The maximum absolute atomic E-state index is 11.4. The van der Waals surface area contributed by atoms with Gasteiger partial charge >= 0.3 is 6.09 Å². The number of pyridine rings is 1. The van der Waals surface area contributed by atoms with Crippen molar-refractivity contribution >= 4 is 35.2 Å². The number of carbonyl (C=O) groups is 1. The van der Waals surface area contributed by atoms with Gasteiger partial charge in [-0.1, -0.05) is 23.2 Å². The molecule has 2 aromatic heterocycles. The van der Waals surface area contributed by atoms with E-state index >= 15 is 0 Å². The topological polar surface area (TPSA) is 116 Å². The van der Waals surface area contributed by atoms with Gasteiger partial charge < -0.3 is 24.8 Å². The van der Waals surface area contributed by atoms with E-state index in [1.165, 1.54) is 0 Å². The molecule has 0 saturated carbocycles. The van der Waals surface area contributed by atoms with Crippen LogP contribution in [0.4, 0.5) is 10.7 Å². The minimum absolute atomic E-state index is 0.341. The number of likely N-dealkylation sites (tertiary alicyclic amines) is 1. The number of nitrogens with one attached hydrogen (secondary N) is 1. The number of alkyl carbamates (subject to hydrolysis) is 1. The number of nitrogens with zero attached hydrogens (tertiary/aromatic N) is 6. The SMILES string of the molecule is CNC(=O)OCC1CCN(Cc2cc(Oc3cnc(N4CCN(CC(C)O)CC4)nc3)nc(-c3cc(Cl)cc(Cl)c3)c2)CC1. The summed E-state index contributed by atoms with van der Waals surface area (Å²) in [6, 6.07) is 9.33. The fourth-order valence-corrected chi connectivity index (χ4v) is 6.06. The lowest BCUT2D eigenvalue weighted by Gasteiger charge is -2.35. The van der Waals surface area contributed by atoms with E-state index < -0.39 is 6.09 Å². The Morgan fingerprint density at radius 2 is 1.68 bits per heavy atom. The van der Waals surface area contributed by atoms with Crippen molar-refractivity contribution in [3.63, 3.8) is 0 Å². The van der Waals surface area contributed by atoms with Gasteiger partial charge in [-0.05, 0) is 68.6 Å². The van der Waals surface area contributed by atoms with Crippen LogP contribution in [-0.2, 0) is 11.3 Å². The van der Waals surface area contributed by atoms with Crippen molar-refractivity contribution < 1.29 is 19.4 Å². The van der Waals surface area contributed by atoms with E-state index in [1.54, 1.807) is 25.5 Å². The van der Waals surface area contributed by atoms with Crippen molar-refractivity contribution in [1.82, 2.24) is 30.1 Å². The summed E-state index contributed by atoms with van der Waals surface area (Å²) in [6.07, 6.45) is 4.49. The summed E-state index contributed by atoms with van der Waals surface area (Å²) in [5.41, 5.74) is 2.53. The number of halogens is 2. The Labute approximate surface area is 268 Å². The molecule has 44 heavy (non-hydrogen) atoms. The molecule has 2 fully saturated rings. The number of hydrogen-bond acceptors (Lipinski definition) is 10. The molecule has 0 radical (unpaired) electrons. The quantitative estimate of drug-likeness (QED) is 0.322. The van der Waals surface area contributed by atoms with E-state index in [0.29, 0.717) is 58.9 Å². The highest BCUT2D eigenvalue weighted by atomic mass is 35.5. The van der Waals surface area contributed by atoms with Crippen LogP contribution in [0.1, 0.15) is 25.3 Å². The van der Waals surface area contributed by atoms with E-state index in [2.05, 4.69) is 30.0 Å². The summed E-state index contributed by atoms with van der Waals surface area (Å²) < 4.78 is 11.4. The molecule has 1 aromatic carbocycles. The Morgan fingerprint density at radius 3 is 2.32 bits per heavy atom. The molecule has 2 saturated heterocycles. The predicted molar refractivity (Wildman–Crippen MR) is 171 cm³/mol. The van der Waals surface area contributed by atoms with Gasteiger partial charge in [0.05, 0.1) is 30.8 Å². The van der Waals surface area contributed by atoms with Gasteiger partial charge in [-0.25, -0.2) is 19.7 Å². The number of β-amino-alcohol motifs (C(OH)–C–C–N with tert-alkyl or cyclic N) is 1. The van der Waals surface area contributed by atoms with Gasteiger partial charge in [0, 0.05) is 68.0 Å². The molecule has 2 aliphatic rings. The second-order valence-electron chi connectivity index (χ2n) is 11.4. The minimum atomic E-state index is -0.391. The van der Waals surface area contributed by atoms with E-state index in [1.807, 2.05) is 31.2 Å². The van der Waals surface area contributed by atoms with E-state index in [9.17, 15) is 9.90 Å². The summed E-state index contributed by atoms with van der Waals surface area (Å²) >= 11 is 12.6. The number of ether oxygens (including phenoxy) is 2. The Bertz CT molecular complexity index is 1380. The number of carbonyl (C=O) groups excluding carboxylic acids is 1. The summed E-state index contributed by atoms with van der Waals surface area (Å²) in [7, 11) is 1.57. The zero-order chi connectivity index (χ0) is 31.1. The molecule has 1 amide bonds. The van der Waals surface area contributed by atoms with Crippen molar-refractivity contribution in [3.05, 3.63) is 58.3 Å². The molecule has 1 unspecified atom stereocenters. The first kappa shape index (κ1) is 32.2. The average Bonchev–Trinajstić information content (AvgIpc) is 3.00. The van der Waals surface area contributed by atoms with Crippen molar-refractivity contribution in [2.24, 2.45) is 5.92 Å². The van der Waals surface area contributed by atoms with Crippen molar-refractivity contribution in [3.8, 4) is 22.9 Å². The van der Waals surface area contributed by atoms with Crippen LogP contribution in [-0.4, -0.2) is 102 Å². The lowest BCUT2D eigenvalue weighted by atomic mass is 9.97. The summed E-state index contributed by atoms with van der Waals surface area (Å²) in [6.45, 7) is 8.68. The maximum atomic E-state index is 11.4. The number of aromatic nitrogens is 3. The van der Waals surface area contributed by atoms with Crippen LogP contribution < -0.4 is 15.0 Å². The predicted octanol–water partition coefficient (Wildman–Crippen LogP) is 4.71. The molecule has 0 aliphatic carbocycles. The largest absolute Gasteiger partial charge is 0.449 e. The number of amides is 1. The summed E-state index contributed by atoms with van der Waals surface area (Å²) in [5, 5.41) is 13.2. The Balaban J connectivity index is 1.27. The zero-order valence-electron chi connectivity index (χ0n) is 25.1. The highest BCUT2D eigenvalue weighted by Gasteiger charge is 2.22. The molecule has 0 bridgehead atoms. The Hall–Kier alpha value is -3.22. The smallest absolute Gasteiger partial charge is 0.406 e. The molecule has 1 atom stereocenters. The number of piperazine rings is 1. The minimum Gasteiger partial charge on any atom is -0.449 e. The number of aliphatic hydroxyl groups excluding tert-OH is 1. The Kier molecular flexibility index (Phi) is 11.1. The molecule has 13 heteroatoms. The van der Waals surface area contributed by atoms with Crippen LogP contribution in [0.5, 0.6) is 11.6 Å². The number of aliphatic hydroxyl groups is 1. The second kappa shape index (κ2) is 15.2. The fraction of sp³-hybridized carbons (Fsp3) is 0.484. The third-order valence-electron chi connectivity index (χ3n) is 7.80. The van der Waals surface area contributed by atoms with Crippen LogP contribution >= 0.6 is 23.2 Å². The highest BCUT2D eigenvalue weighted by Crippen LogP contribution is 2.31. The van der Waals surface area contributed by atoms with Gasteiger partial charge in [-0.15, -0.1) is 0 Å². The summed E-state index contributed by atoms with van der Waals surface area (Å²) in [4.78, 5) is 32.1.